The summed E-state index contributed by atoms with van der Waals surface area (Å²) in [6.07, 6.45) is 12.1. The number of likely N-dealkylation sites (tertiary alicyclic amines) is 2. The number of ether oxygens (including phenoxy) is 1. The number of nitrogens with zero attached hydrogens (tertiary/aromatic N) is 4. The minimum atomic E-state index is -3.64. The third-order valence-electron chi connectivity index (χ3n) is 10.4. The number of imidazole rings is 1. The Kier molecular flexibility index (Phi) is 11.0. The molecule has 3 aliphatic rings. The quantitative estimate of drug-likeness (QED) is 0.252. The van der Waals surface area contributed by atoms with Crippen molar-refractivity contribution in [3.8, 4) is 0 Å². The average molecular weight is 667 g/mol. The largest absolute Gasteiger partial charge is 0.445 e. The first-order valence-electron chi connectivity index (χ1n) is 17.5. The average Bonchev–Trinajstić information content (AvgIpc) is 3.63. The highest BCUT2D eigenvalue weighted by atomic mass is 32.2. The molecule has 2 aliphatic heterocycles. The van der Waals surface area contributed by atoms with E-state index >= 15 is 0 Å². The zero-order chi connectivity index (χ0) is 32.8. The minimum Gasteiger partial charge on any atom is -0.445 e. The molecule has 1 amide bonds. The number of aromatic nitrogens is 2. The van der Waals surface area contributed by atoms with Gasteiger partial charge in [-0.2, -0.15) is 8.42 Å². The van der Waals surface area contributed by atoms with Crippen molar-refractivity contribution in [1.29, 1.82) is 0 Å². The Bertz CT molecular complexity index is 1650. The Morgan fingerprint density at radius 2 is 1.53 bits per heavy atom. The fourth-order valence-electron chi connectivity index (χ4n) is 8.07. The minimum absolute atomic E-state index is 0.0419. The summed E-state index contributed by atoms with van der Waals surface area (Å²) in [5.74, 6) is 0.488. The number of carbonyl (C=O) groups excluding carboxylic acids is 1. The summed E-state index contributed by atoms with van der Waals surface area (Å²) >= 11 is 0. The topological polar surface area (TPSA) is 103 Å². The molecule has 2 aromatic carbocycles. The number of rotatable bonds is 10. The summed E-state index contributed by atoms with van der Waals surface area (Å²) in [6.45, 7) is 3.77. The molecule has 11 heteroatoms. The number of hydrogen-bond donors (Lipinski definition) is 0. The van der Waals surface area contributed by atoms with Crippen molar-refractivity contribution in [2.45, 2.75) is 89.4 Å². The molecule has 47 heavy (non-hydrogen) atoms. The molecule has 0 N–H and O–H groups in total. The summed E-state index contributed by atoms with van der Waals surface area (Å²) in [6, 6.07) is 17.1. The second-order valence-corrected chi connectivity index (χ2v) is 15.5. The first kappa shape index (κ1) is 33.7. The normalized spacial score (nSPS) is 23.5. The lowest BCUT2D eigenvalue weighted by atomic mass is 9.88. The number of hydrogen-bond acceptors (Lipinski definition) is 7. The molecule has 3 aromatic rings. The van der Waals surface area contributed by atoms with Crippen molar-refractivity contribution >= 4 is 27.2 Å². The van der Waals surface area contributed by atoms with Gasteiger partial charge < -0.3 is 14.5 Å². The second kappa shape index (κ2) is 15.4. The molecule has 1 aromatic heterocycles. The first-order chi connectivity index (χ1) is 22.8. The molecule has 1 aliphatic carbocycles. The van der Waals surface area contributed by atoms with Crippen molar-refractivity contribution in [2.24, 2.45) is 11.8 Å². The van der Waals surface area contributed by atoms with Gasteiger partial charge in [0.25, 0.3) is 10.1 Å². The monoisotopic (exact) mass is 666 g/mol. The van der Waals surface area contributed by atoms with Gasteiger partial charge in [0, 0.05) is 44.7 Å². The molecule has 1 saturated carbocycles. The summed E-state index contributed by atoms with van der Waals surface area (Å²) in [5.41, 5.74) is 2.46. The number of para-hydroxylation sites is 2. The van der Waals surface area contributed by atoms with Crippen molar-refractivity contribution < 1.29 is 22.1 Å². The van der Waals surface area contributed by atoms with Crippen LogP contribution in [0, 0.1) is 11.8 Å². The van der Waals surface area contributed by atoms with E-state index in [0.29, 0.717) is 25.6 Å². The van der Waals surface area contributed by atoms with Crippen LogP contribution in [0.1, 0.15) is 75.8 Å². The van der Waals surface area contributed by atoms with Gasteiger partial charge >= 0.3 is 11.8 Å². The predicted molar refractivity (Wildman–Crippen MR) is 183 cm³/mol. The van der Waals surface area contributed by atoms with Crippen molar-refractivity contribution in [1.82, 2.24) is 18.9 Å². The first-order valence-corrected chi connectivity index (χ1v) is 19.3. The van der Waals surface area contributed by atoms with E-state index in [1.807, 2.05) is 59.2 Å². The molecule has 0 spiro atoms. The highest BCUT2D eigenvalue weighted by Gasteiger charge is 2.36. The lowest BCUT2D eigenvalue weighted by molar-refractivity contribution is 0.0731. The maximum absolute atomic E-state index is 14.4. The maximum atomic E-state index is 14.4. The van der Waals surface area contributed by atoms with Gasteiger partial charge in [0.2, 0.25) is 0 Å². The van der Waals surface area contributed by atoms with Crippen LogP contribution in [0.2, 0.25) is 0 Å². The number of piperidine rings is 1. The number of amides is 1. The van der Waals surface area contributed by atoms with Gasteiger partial charge in [-0.15, -0.1) is 0 Å². The van der Waals surface area contributed by atoms with Crippen LogP contribution in [0.3, 0.4) is 0 Å². The van der Waals surface area contributed by atoms with Crippen LogP contribution in [-0.4, -0.2) is 78.5 Å². The van der Waals surface area contributed by atoms with Crippen LogP contribution in [0.5, 0.6) is 0 Å². The van der Waals surface area contributed by atoms with E-state index in [0.717, 1.165) is 55.2 Å². The summed E-state index contributed by atoms with van der Waals surface area (Å²) in [5, 5.41) is 0. The van der Waals surface area contributed by atoms with Crippen LogP contribution in [0.4, 0.5) is 4.79 Å². The van der Waals surface area contributed by atoms with E-state index < -0.39 is 10.1 Å². The molecule has 3 heterocycles. The van der Waals surface area contributed by atoms with Gasteiger partial charge in [-0.1, -0.05) is 74.6 Å². The third-order valence-corrected chi connectivity index (χ3v) is 11.0. The van der Waals surface area contributed by atoms with Crippen LogP contribution in [0.25, 0.3) is 11.0 Å². The fourth-order valence-corrected chi connectivity index (χ4v) is 8.49. The lowest BCUT2D eigenvalue weighted by Gasteiger charge is -2.40. The highest BCUT2D eigenvalue weighted by Crippen LogP contribution is 2.33. The third kappa shape index (κ3) is 8.48. The number of carbonyl (C=O) groups is 1. The van der Waals surface area contributed by atoms with Crippen LogP contribution in [-0.2, 0) is 32.2 Å². The number of fused-ring (bicyclic) bond motifs is 1. The van der Waals surface area contributed by atoms with Crippen LogP contribution in [0.15, 0.2) is 59.4 Å². The molecule has 10 nitrogen and oxygen atoms in total. The van der Waals surface area contributed by atoms with Gasteiger partial charge in [0.05, 0.1) is 29.9 Å². The zero-order valence-corrected chi connectivity index (χ0v) is 28.5. The molecular formula is C36H50N4O6S. The Morgan fingerprint density at radius 3 is 2.28 bits per heavy atom. The van der Waals surface area contributed by atoms with Crippen LogP contribution >= 0.6 is 0 Å². The molecule has 0 unspecified atom stereocenters. The van der Waals surface area contributed by atoms with E-state index in [2.05, 4.69) is 4.90 Å². The summed E-state index contributed by atoms with van der Waals surface area (Å²) in [4.78, 5) is 31.8. The van der Waals surface area contributed by atoms with Crippen LogP contribution < -0.4 is 5.69 Å². The predicted octanol–water partition coefficient (Wildman–Crippen LogP) is 5.80. The Hall–Kier alpha value is -3.15. The summed E-state index contributed by atoms with van der Waals surface area (Å²) < 4.78 is 39.0. The smallest absolute Gasteiger partial charge is 0.410 e. The molecule has 0 radical (unpaired) electrons. The molecule has 3 atom stereocenters. The molecule has 6 rings (SSSR count). The van der Waals surface area contributed by atoms with Gasteiger partial charge in [0.15, 0.2) is 0 Å². The Labute approximate surface area is 278 Å². The highest BCUT2D eigenvalue weighted by molar-refractivity contribution is 7.85. The second-order valence-electron chi connectivity index (χ2n) is 13.9. The zero-order valence-electron chi connectivity index (χ0n) is 27.7. The van der Waals surface area contributed by atoms with Gasteiger partial charge in [0.1, 0.15) is 6.61 Å². The van der Waals surface area contributed by atoms with Gasteiger partial charge in [-0.3, -0.25) is 13.3 Å². The van der Waals surface area contributed by atoms with Gasteiger partial charge in [-0.25, -0.2) is 9.59 Å². The lowest BCUT2D eigenvalue weighted by Crippen LogP contribution is -2.47. The van der Waals surface area contributed by atoms with E-state index in [1.165, 1.54) is 44.9 Å². The number of benzene rings is 2. The van der Waals surface area contributed by atoms with Crippen molar-refractivity contribution in [3.63, 3.8) is 0 Å². The van der Waals surface area contributed by atoms with E-state index in [9.17, 15) is 18.0 Å². The van der Waals surface area contributed by atoms with E-state index in [4.69, 9.17) is 8.92 Å². The molecule has 3 fully saturated rings. The summed E-state index contributed by atoms with van der Waals surface area (Å²) in [7, 11) is -3.64. The van der Waals surface area contributed by atoms with E-state index in [-0.39, 0.29) is 43.0 Å². The fraction of sp³-hybridized carbons (Fsp3) is 0.611. The van der Waals surface area contributed by atoms with E-state index in [1.54, 1.807) is 9.47 Å². The Morgan fingerprint density at radius 1 is 0.830 bits per heavy atom. The molecule has 0 bridgehead atoms. The standard InChI is InChI=1S/C36H50N4O6S/c1-47(43,44)46-27-30-24-37(23-28-13-6-3-2-4-7-14-28)22-20-32(30)40-34-19-11-10-18-33(34)39(35(40)41)25-31-17-12-21-38(31)36(42)45-26-29-15-8-5-9-16-29/h5,8-11,15-16,18-19,28,30-32H,2-4,6-7,12-14,17,20-27H2,1H3/t30-,31-,32+/m0/s1. The molecule has 256 valence electrons. The van der Waals surface area contributed by atoms with Crippen molar-refractivity contribution in [2.75, 3.05) is 39.0 Å². The SMILES string of the molecule is CS(=O)(=O)OC[C@@H]1CN(CC2CCCCCCC2)CC[C@H]1n1c(=O)n(C[C@@H]2CCCN2C(=O)OCc2ccccc2)c2ccccc21. The molecular weight excluding hydrogens is 616 g/mol. The van der Waals surface area contributed by atoms with Crippen molar-refractivity contribution in [3.05, 3.63) is 70.6 Å². The Balaban J connectivity index is 1.22. The van der Waals surface area contributed by atoms with Gasteiger partial charge in [-0.05, 0) is 55.7 Å². The maximum Gasteiger partial charge on any atom is 0.410 e. The molecule has 2 saturated heterocycles.